The quantitative estimate of drug-likeness (QED) is 0.492. The van der Waals surface area contributed by atoms with Gasteiger partial charge in [0.1, 0.15) is 0 Å². The molecule has 33 heavy (non-hydrogen) atoms. The molecule has 2 aromatic heterocycles. The molecular weight excluding hydrogens is 428 g/mol. The van der Waals surface area contributed by atoms with Gasteiger partial charge in [-0.05, 0) is 43.0 Å². The lowest BCUT2D eigenvalue weighted by molar-refractivity contribution is -0.122. The van der Waals surface area contributed by atoms with E-state index < -0.39 is 28.7 Å². The van der Waals surface area contributed by atoms with Gasteiger partial charge < -0.3 is 16.2 Å². The van der Waals surface area contributed by atoms with Crippen molar-refractivity contribution in [3.8, 4) is 0 Å². The molecule has 0 spiro atoms. The predicted octanol–water partition coefficient (Wildman–Crippen LogP) is 1.42. The zero-order valence-electron chi connectivity index (χ0n) is 20.0. The van der Waals surface area contributed by atoms with E-state index in [0.29, 0.717) is 16.9 Å². The van der Waals surface area contributed by atoms with Crippen LogP contribution in [-0.2, 0) is 18.4 Å². The summed E-state index contributed by atoms with van der Waals surface area (Å²) < 4.78 is 2.72. The number of carbonyl (C=O) groups is 2. The van der Waals surface area contributed by atoms with Gasteiger partial charge >= 0.3 is 11.7 Å². The number of carbonyl (C=O) groups excluding carboxylic acids is 1. The maximum atomic E-state index is 13.3. The van der Waals surface area contributed by atoms with Crippen molar-refractivity contribution < 1.29 is 14.7 Å². The number of carboxylic acid groups (broad SMARTS) is 1. The number of aryl methyl sites for hydroxylation is 2. The third kappa shape index (κ3) is 5.83. The Balaban J connectivity index is 0.00000122. The highest BCUT2D eigenvalue weighted by molar-refractivity contribution is 5.91. The molecule has 0 saturated carbocycles. The molecule has 12 nitrogen and oxygen atoms in total. The first-order valence-electron chi connectivity index (χ1n) is 10.3. The molecule has 1 atom stereocenters. The van der Waals surface area contributed by atoms with Crippen molar-refractivity contribution in [2.75, 3.05) is 0 Å². The van der Waals surface area contributed by atoms with Gasteiger partial charge in [-0.25, -0.2) is 14.2 Å². The second kappa shape index (κ2) is 9.53. The van der Waals surface area contributed by atoms with Gasteiger partial charge in [0.15, 0.2) is 5.82 Å². The van der Waals surface area contributed by atoms with Crippen LogP contribution in [-0.4, -0.2) is 52.5 Å². The molecule has 0 aliphatic carbocycles. The fraction of sp³-hybridized carbons (Fsp3) is 0.524. The van der Waals surface area contributed by atoms with Gasteiger partial charge in [0.2, 0.25) is 0 Å². The molecule has 0 bridgehead atoms. The van der Waals surface area contributed by atoms with Gasteiger partial charge in [-0.3, -0.25) is 9.36 Å². The van der Waals surface area contributed by atoms with Crippen molar-refractivity contribution in [1.82, 2.24) is 34.7 Å². The summed E-state index contributed by atoms with van der Waals surface area (Å²) in [5.74, 6) is 0.384. The number of benzene rings is 1. The van der Waals surface area contributed by atoms with E-state index in [1.807, 2.05) is 53.7 Å². The lowest BCUT2D eigenvalue weighted by Crippen LogP contribution is -2.45. The Morgan fingerprint density at radius 2 is 1.88 bits per heavy atom. The van der Waals surface area contributed by atoms with Crippen LogP contribution in [0.2, 0.25) is 0 Å². The molecule has 1 aromatic carbocycles. The van der Waals surface area contributed by atoms with E-state index >= 15 is 0 Å². The third-order valence-electron chi connectivity index (χ3n) is 4.83. The van der Waals surface area contributed by atoms with E-state index in [2.05, 4.69) is 20.7 Å². The third-order valence-corrected chi connectivity index (χ3v) is 4.83. The summed E-state index contributed by atoms with van der Waals surface area (Å²) in [5.41, 5.74) is 6.83. The van der Waals surface area contributed by atoms with E-state index in [1.165, 1.54) is 4.80 Å². The summed E-state index contributed by atoms with van der Waals surface area (Å²) in [4.78, 5) is 36.3. The number of hydrogen-bond donors (Lipinski definition) is 3. The average molecular weight is 461 g/mol. The second-order valence-electron chi connectivity index (χ2n) is 9.63. The molecule has 4 N–H and O–H groups in total. The van der Waals surface area contributed by atoms with Crippen LogP contribution in [0.1, 0.15) is 52.0 Å². The van der Waals surface area contributed by atoms with E-state index in [9.17, 15) is 9.59 Å². The van der Waals surface area contributed by atoms with E-state index in [4.69, 9.17) is 15.6 Å². The van der Waals surface area contributed by atoms with Gasteiger partial charge in [0, 0.05) is 12.1 Å². The van der Waals surface area contributed by atoms with Crippen molar-refractivity contribution in [3.63, 3.8) is 0 Å². The first kappa shape index (κ1) is 25.7. The Kier molecular flexibility index (Phi) is 7.43. The summed E-state index contributed by atoms with van der Waals surface area (Å²) in [5, 5.41) is 22.0. The van der Waals surface area contributed by atoms with E-state index in [1.54, 1.807) is 17.7 Å². The fourth-order valence-corrected chi connectivity index (χ4v) is 3.52. The van der Waals surface area contributed by atoms with Crippen LogP contribution in [0.5, 0.6) is 0 Å². The number of imidazole rings is 1. The van der Waals surface area contributed by atoms with Crippen LogP contribution in [0.4, 0.5) is 4.79 Å². The Bertz CT molecular complexity index is 1190. The van der Waals surface area contributed by atoms with Crippen molar-refractivity contribution in [2.45, 2.75) is 59.7 Å². The number of aromatic nitrogens is 6. The van der Waals surface area contributed by atoms with Crippen LogP contribution in [0, 0.1) is 12.3 Å². The Hall–Kier alpha value is -3.54. The molecule has 3 rings (SSSR count). The van der Waals surface area contributed by atoms with Gasteiger partial charge in [-0.2, -0.15) is 4.80 Å². The molecule has 0 radical (unpaired) electrons. The average Bonchev–Trinajstić information content (AvgIpc) is 3.20. The maximum Gasteiger partial charge on any atom is 0.337 e. The molecule has 12 heteroatoms. The van der Waals surface area contributed by atoms with Gasteiger partial charge in [-0.1, -0.05) is 32.9 Å². The van der Waals surface area contributed by atoms with Gasteiger partial charge in [0.05, 0.1) is 24.1 Å². The topological polar surface area (TPSA) is 163 Å². The predicted molar refractivity (Wildman–Crippen MR) is 123 cm³/mol. The van der Waals surface area contributed by atoms with Gasteiger partial charge in [0.25, 0.3) is 6.47 Å². The minimum Gasteiger partial charge on any atom is -0.483 e. The highest BCUT2D eigenvalue weighted by Gasteiger charge is 2.33. The number of rotatable bonds is 4. The standard InChI is InChI=1S/C20H30N8O2.CH2O2/c1-12-9-8-10-13-14(12)27(11-20(5,6)21)18(30)28(13)17(29)22-15(19(2,3)4)16-23-25-26(7)24-16;2-1-3/h8-10,15H,11,21H2,1-7H3,(H,22,29);1H,(H,2,3)/t15-;/m1./s1. The Labute approximate surface area is 191 Å². The monoisotopic (exact) mass is 460 g/mol. The van der Waals surface area contributed by atoms with E-state index in [-0.39, 0.29) is 13.0 Å². The zero-order chi connectivity index (χ0) is 25.1. The second-order valence-corrected chi connectivity index (χ2v) is 9.63. The number of nitrogens with one attached hydrogen (secondary N) is 1. The maximum absolute atomic E-state index is 13.3. The molecule has 0 fully saturated rings. The molecule has 3 aromatic rings. The van der Waals surface area contributed by atoms with Crippen molar-refractivity contribution >= 4 is 23.5 Å². The number of fused-ring (bicyclic) bond motifs is 1. The minimum absolute atomic E-state index is 0.250. The number of hydrogen-bond acceptors (Lipinski definition) is 7. The highest BCUT2D eigenvalue weighted by atomic mass is 16.3. The molecule has 180 valence electrons. The Morgan fingerprint density at radius 3 is 2.36 bits per heavy atom. The molecule has 1 amide bonds. The van der Waals surface area contributed by atoms with Crippen molar-refractivity contribution in [2.24, 2.45) is 18.2 Å². The first-order valence-corrected chi connectivity index (χ1v) is 10.3. The number of tetrazole rings is 1. The van der Waals surface area contributed by atoms with Crippen molar-refractivity contribution in [3.05, 3.63) is 40.1 Å². The summed E-state index contributed by atoms with van der Waals surface area (Å²) >= 11 is 0. The normalized spacial score (nSPS) is 12.7. The van der Waals surface area contributed by atoms with Crippen LogP contribution in [0.25, 0.3) is 11.0 Å². The van der Waals surface area contributed by atoms with E-state index in [0.717, 1.165) is 10.1 Å². The smallest absolute Gasteiger partial charge is 0.337 e. The number of amides is 1. The summed E-state index contributed by atoms with van der Waals surface area (Å²) in [6, 6.07) is 4.41. The molecule has 0 aliphatic rings. The summed E-state index contributed by atoms with van der Waals surface area (Å²) in [7, 11) is 1.66. The van der Waals surface area contributed by atoms with Crippen molar-refractivity contribution in [1.29, 1.82) is 0 Å². The van der Waals surface area contributed by atoms with Crippen LogP contribution in [0.15, 0.2) is 23.0 Å². The molecule has 0 aliphatic heterocycles. The summed E-state index contributed by atoms with van der Waals surface area (Å²) in [6.45, 7) is 11.5. The number of para-hydroxylation sites is 1. The molecular formula is C21H32N8O4. The molecule has 0 unspecified atom stereocenters. The molecule has 2 heterocycles. The highest BCUT2D eigenvalue weighted by Crippen LogP contribution is 2.30. The lowest BCUT2D eigenvalue weighted by Gasteiger charge is -2.28. The fourth-order valence-electron chi connectivity index (χ4n) is 3.52. The van der Waals surface area contributed by atoms with Gasteiger partial charge in [-0.15, -0.1) is 10.2 Å². The van der Waals surface area contributed by atoms with Crippen LogP contribution < -0.4 is 16.7 Å². The Morgan fingerprint density at radius 1 is 1.27 bits per heavy atom. The lowest BCUT2D eigenvalue weighted by atomic mass is 9.86. The molecule has 0 saturated heterocycles. The number of nitrogens with two attached hydrogens (primary N) is 1. The van der Waals surface area contributed by atoms with Crippen LogP contribution >= 0.6 is 0 Å². The first-order chi connectivity index (χ1) is 15.2. The largest absolute Gasteiger partial charge is 0.483 e. The van der Waals surface area contributed by atoms with Crippen LogP contribution in [0.3, 0.4) is 0 Å². The minimum atomic E-state index is -0.626. The number of nitrogens with zero attached hydrogens (tertiary/aromatic N) is 6. The zero-order valence-corrected chi connectivity index (χ0v) is 20.0. The SMILES string of the molecule is Cc1cccc2c1n(CC(C)(C)N)c(=O)n2C(=O)N[C@H](c1nnn(C)n1)C(C)(C)C.O=CO. The summed E-state index contributed by atoms with van der Waals surface area (Å²) in [6.07, 6.45) is 0.